The van der Waals surface area contributed by atoms with E-state index in [-0.39, 0.29) is 16.2 Å². The summed E-state index contributed by atoms with van der Waals surface area (Å²) >= 11 is 1.57. The zero-order valence-corrected chi connectivity index (χ0v) is 18.3. The minimum atomic E-state index is -3.64. The Morgan fingerprint density at radius 1 is 0.933 bits per heavy atom. The Kier molecular flexibility index (Phi) is 5.58. The normalized spacial score (nSPS) is 16.7. The van der Waals surface area contributed by atoms with Gasteiger partial charge in [0, 0.05) is 11.4 Å². The van der Waals surface area contributed by atoms with Crippen molar-refractivity contribution in [1.82, 2.24) is 0 Å². The van der Waals surface area contributed by atoms with Crippen molar-refractivity contribution < 1.29 is 13.2 Å². The van der Waals surface area contributed by atoms with Crippen LogP contribution in [0, 0.1) is 13.8 Å². The lowest BCUT2D eigenvalue weighted by Crippen LogP contribution is -2.27. The first-order valence-corrected chi connectivity index (χ1v) is 12.1. The van der Waals surface area contributed by atoms with Gasteiger partial charge in [-0.15, -0.1) is 11.8 Å². The highest BCUT2D eigenvalue weighted by molar-refractivity contribution is 8.00. The van der Waals surface area contributed by atoms with Crippen LogP contribution in [0.5, 0.6) is 0 Å². The molecule has 0 radical (unpaired) electrons. The molecule has 1 unspecified atom stereocenters. The van der Waals surface area contributed by atoms with E-state index in [1.807, 2.05) is 49.1 Å². The van der Waals surface area contributed by atoms with Crippen LogP contribution < -0.4 is 9.62 Å². The second kappa shape index (κ2) is 8.16. The molecule has 1 aliphatic heterocycles. The summed E-state index contributed by atoms with van der Waals surface area (Å²) in [6, 6.07) is 21.5. The fourth-order valence-corrected chi connectivity index (χ4v) is 5.61. The predicted octanol–water partition coefficient (Wildman–Crippen LogP) is 4.88. The van der Waals surface area contributed by atoms with Crippen molar-refractivity contribution in [3.8, 4) is 0 Å². The third-order valence-electron chi connectivity index (χ3n) is 5.14. The molecule has 1 amide bonds. The maximum Gasteiger partial charge on any atom is 0.261 e. The van der Waals surface area contributed by atoms with Gasteiger partial charge >= 0.3 is 0 Å². The molecule has 0 aliphatic carbocycles. The Labute approximate surface area is 181 Å². The van der Waals surface area contributed by atoms with Gasteiger partial charge in [0.25, 0.3) is 10.0 Å². The van der Waals surface area contributed by atoms with Crippen LogP contribution >= 0.6 is 11.8 Å². The monoisotopic (exact) mass is 438 g/mol. The number of amides is 1. The summed E-state index contributed by atoms with van der Waals surface area (Å²) in [5.74, 6) is 0.488. The largest absolute Gasteiger partial charge is 0.295 e. The predicted molar refractivity (Wildman–Crippen MR) is 122 cm³/mol. The number of thioether (sulfide) groups is 1. The van der Waals surface area contributed by atoms with Gasteiger partial charge in [-0.1, -0.05) is 36.4 Å². The molecule has 3 aromatic carbocycles. The first-order chi connectivity index (χ1) is 14.3. The molecule has 1 saturated heterocycles. The Balaban J connectivity index is 1.57. The fraction of sp³-hybridized carbons (Fsp3) is 0.174. The molecular weight excluding hydrogens is 416 g/mol. The Morgan fingerprint density at radius 3 is 2.30 bits per heavy atom. The molecule has 1 N–H and O–H groups in total. The van der Waals surface area contributed by atoms with Crippen molar-refractivity contribution in [2.24, 2.45) is 0 Å². The van der Waals surface area contributed by atoms with E-state index in [0.29, 0.717) is 11.4 Å². The van der Waals surface area contributed by atoms with Gasteiger partial charge in [-0.05, 0) is 66.9 Å². The summed E-state index contributed by atoms with van der Waals surface area (Å²) in [6.07, 6.45) is 0. The number of aryl methyl sites for hydroxylation is 2. The lowest BCUT2D eigenvalue weighted by atomic mass is 10.1. The fourth-order valence-electron chi connectivity index (χ4n) is 3.35. The molecular formula is C23H22N2O3S2. The molecule has 30 heavy (non-hydrogen) atoms. The summed E-state index contributed by atoms with van der Waals surface area (Å²) < 4.78 is 27.6. The highest BCUT2D eigenvalue weighted by Crippen LogP contribution is 2.42. The minimum Gasteiger partial charge on any atom is -0.295 e. The number of carbonyl (C=O) groups excluding carboxylic acids is 1. The second-order valence-corrected chi connectivity index (χ2v) is 9.99. The van der Waals surface area contributed by atoms with Gasteiger partial charge in [-0.2, -0.15) is 0 Å². The standard InChI is InChI=1S/C23H22N2O3S2/c1-16-8-13-20(14-17(16)2)25-22(26)15-29-23(25)18-9-11-19(12-10-18)24-30(27,28)21-6-4-3-5-7-21/h3-14,23-24H,15H2,1-2H3. The van der Waals surface area contributed by atoms with E-state index >= 15 is 0 Å². The molecule has 1 fully saturated rings. The van der Waals surface area contributed by atoms with E-state index in [1.165, 1.54) is 5.56 Å². The van der Waals surface area contributed by atoms with Gasteiger partial charge in [0.15, 0.2) is 0 Å². The number of anilines is 2. The molecule has 3 aromatic rings. The van der Waals surface area contributed by atoms with Crippen LogP contribution in [0.2, 0.25) is 0 Å². The summed E-state index contributed by atoms with van der Waals surface area (Å²) in [7, 11) is -3.64. The number of sulfonamides is 1. The quantitative estimate of drug-likeness (QED) is 0.616. The number of benzene rings is 3. The molecule has 7 heteroatoms. The van der Waals surface area contributed by atoms with Crippen LogP contribution in [-0.2, 0) is 14.8 Å². The summed E-state index contributed by atoms with van der Waals surface area (Å²) in [5, 5.41) is -0.139. The topological polar surface area (TPSA) is 66.5 Å². The molecule has 4 rings (SSSR count). The number of nitrogens with zero attached hydrogens (tertiary/aromatic N) is 1. The lowest BCUT2D eigenvalue weighted by Gasteiger charge is -2.25. The smallest absolute Gasteiger partial charge is 0.261 e. The Bertz CT molecular complexity index is 1180. The molecule has 154 valence electrons. The third kappa shape index (κ3) is 4.08. The zero-order valence-electron chi connectivity index (χ0n) is 16.7. The van der Waals surface area contributed by atoms with E-state index < -0.39 is 10.0 Å². The highest BCUT2D eigenvalue weighted by atomic mass is 32.2. The van der Waals surface area contributed by atoms with Crippen molar-refractivity contribution in [3.05, 3.63) is 89.5 Å². The highest BCUT2D eigenvalue weighted by Gasteiger charge is 2.34. The first-order valence-electron chi connectivity index (χ1n) is 9.54. The van der Waals surface area contributed by atoms with Crippen LogP contribution in [0.25, 0.3) is 0 Å². The Morgan fingerprint density at radius 2 is 1.63 bits per heavy atom. The van der Waals surface area contributed by atoms with Crippen molar-refractivity contribution in [3.63, 3.8) is 0 Å². The van der Waals surface area contributed by atoms with E-state index in [2.05, 4.69) is 4.72 Å². The van der Waals surface area contributed by atoms with E-state index in [1.54, 1.807) is 54.2 Å². The molecule has 1 heterocycles. The van der Waals surface area contributed by atoms with Crippen LogP contribution in [0.3, 0.4) is 0 Å². The molecule has 0 aromatic heterocycles. The summed E-state index contributed by atoms with van der Waals surface area (Å²) in [6.45, 7) is 4.08. The molecule has 0 saturated carbocycles. The average Bonchev–Trinajstić information content (AvgIpc) is 3.12. The van der Waals surface area contributed by atoms with Crippen molar-refractivity contribution in [2.75, 3.05) is 15.4 Å². The number of nitrogens with one attached hydrogen (secondary N) is 1. The van der Waals surface area contributed by atoms with Crippen LogP contribution in [0.1, 0.15) is 22.1 Å². The van der Waals surface area contributed by atoms with E-state index in [9.17, 15) is 13.2 Å². The van der Waals surface area contributed by atoms with Gasteiger partial charge in [0.05, 0.1) is 10.6 Å². The first kappa shape index (κ1) is 20.5. The van der Waals surface area contributed by atoms with Crippen molar-refractivity contribution >= 4 is 39.1 Å². The van der Waals surface area contributed by atoms with Crippen LogP contribution in [0.4, 0.5) is 11.4 Å². The van der Waals surface area contributed by atoms with E-state index in [4.69, 9.17) is 0 Å². The van der Waals surface area contributed by atoms with Gasteiger partial charge in [-0.25, -0.2) is 8.42 Å². The molecule has 5 nitrogen and oxygen atoms in total. The van der Waals surface area contributed by atoms with Gasteiger partial charge < -0.3 is 0 Å². The number of carbonyl (C=O) groups is 1. The maximum atomic E-state index is 12.6. The molecule has 0 bridgehead atoms. The molecule has 1 aliphatic rings. The summed E-state index contributed by atoms with van der Waals surface area (Å²) in [4.78, 5) is 14.6. The lowest BCUT2D eigenvalue weighted by molar-refractivity contribution is -0.115. The van der Waals surface area contributed by atoms with Gasteiger partial charge in [0.1, 0.15) is 5.37 Å². The van der Waals surface area contributed by atoms with Crippen molar-refractivity contribution in [2.45, 2.75) is 24.1 Å². The Hall–Kier alpha value is -2.77. The van der Waals surface area contributed by atoms with Crippen LogP contribution in [-0.4, -0.2) is 20.1 Å². The zero-order chi connectivity index (χ0) is 21.3. The van der Waals surface area contributed by atoms with E-state index in [0.717, 1.165) is 16.8 Å². The number of hydrogen-bond donors (Lipinski definition) is 1. The molecule has 0 spiro atoms. The maximum absolute atomic E-state index is 12.6. The third-order valence-corrected chi connectivity index (χ3v) is 7.75. The second-order valence-electron chi connectivity index (χ2n) is 7.24. The van der Waals surface area contributed by atoms with Gasteiger partial charge in [0.2, 0.25) is 5.91 Å². The van der Waals surface area contributed by atoms with Crippen molar-refractivity contribution in [1.29, 1.82) is 0 Å². The number of rotatable bonds is 5. The minimum absolute atomic E-state index is 0.0714. The average molecular weight is 439 g/mol. The summed E-state index contributed by atoms with van der Waals surface area (Å²) in [5.41, 5.74) is 4.64. The van der Waals surface area contributed by atoms with Crippen LogP contribution in [0.15, 0.2) is 77.7 Å². The number of hydrogen-bond acceptors (Lipinski definition) is 4. The van der Waals surface area contributed by atoms with Gasteiger partial charge in [-0.3, -0.25) is 14.4 Å². The molecule has 1 atom stereocenters. The SMILES string of the molecule is Cc1ccc(N2C(=O)CSC2c2ccc(NS(=O)(=O)c3ccccc3)cc2)cc1C.